The maximum atomic E-state index is 6.57. The quantitative estimate of drug-likeness (QED) is 0.739. The lowest BCUT2D eigenvalue weighted by Gasteiger charge is -2.40. The van der Waals surface area contributed by atoms with Crippen molar-refractivity contribution in [3.63, 3.8) is 0 Å². The fraction of sp³-hybridized carbons (Fsp3) is 0.867. The second-order valence-electron chi connectivity index (χ2n) is 6.38. The maximum Gasteiger partial charge on any atom is 0.0599 e. The van der Waals surface area contributed by atoms with Crippen LogP contribution in [0.25, 0.3) is 0 Å². The van der Waals surface area contributed by atoms with Crippen LogP contribution in [-0.2, 0) is 0 Å². The second-order valence-corrected chi connectivity index (χ2v) is 6.38. The lowest BCUT2D eigenvalue weighted by molar-refractivity contribution is 0.157. The predicted octanol–water partition coefficient (Wildman–Crippen LogP) is 2.24. The minimum absolute atomic E-state index is 0.0173. The number of hydrogen-bond acceptors (Lipinski definition) is 2. The highest BCUT2D eigenvalue weighted by Gasteiger charge is 2.34. The standard InChI is InChI=1S/C15H26N2/c1-3-9-17(11-14-6-7-14)12-15(16)8-4-5-13(2)10-15/h1,13-14H,4-12,16H2,2H3. The van der Waals surface area contributed by atoms with Crippen LogP contribution >= 0.6 is 0 Å². The van der Waals surface area contributed by atoms with E-state index in [1.54, 1.807) is 0 Å². The molecule has 0 aromatic carbocycles. The van der Waals surface area contributed by atoms with Gasteiger partial charge in [-0.1, -0.05) is 25.7 Å². The first-order chi connectivity index (χ1) is 8.11. The zero-order chi connectivity index (χ0) is 12.3. The molecule has 0 saturated heterocycles. The Kier molecular flexibility index (Phi) is 4.12. The Labute approximate surface area is 106 Å². The molecule has 0 aliphatic heterocycles. The molecule has 2 saturated carbocycles. The van der Waals surface area contributed by atoms with Gasteiger partial charge >= 0.3 is 0 Å². The van der Waals surface area contributed by atoms with Gasteiger partial charge in [0, 0.05) is 18.6 Å². The first-order valence-corrected chi connectivity index (χ1v) is 7.06. The van der Waals surface area contributed by atoms with Gasteiger partial charge in [0.25, 0.3) is 0 Å². The molecule has 0 bridgehead atoms. The highest BCUT2D eigenvalue weighted by molar-refractivity contribution is 4.97. The fourth-order valence-electron chi connectivity index (χ4n) is 3.27. The molecule has 0 aromatic heterocycles. The van der Waals surface area contributed by atoms with E-state index in [0.717, 1.165) is 31.5 Å². The van der Waals surface area contributed by atoms with E-state index in [0.29, 0.717) is 0 Å². The Morgan fingerprint density at radius 2 is 2.18 bits per heavy atom. The van der Waals surface area contributed by atoms with E-state index in [-0.39, 0.29) is 5.54 Å². The molecule has 2 N–H and O–H groups in total. The van der Waals surface area contributed by atoms with Crippen LogP contribution in [0.15, 0.2) is 0 Å². The zero-order valence-corrected chi connectivity index (χ0v) is 11.1. The van der Waals surface area contributed by atoms with Crippen molar-refractivity contribution in [1.82, 2.24) is 4.90 Å². The SMILES string of the molecule is C#CCN(CC1CC1)CC1(N)CCCC(C)C1. The summed E-state index contributed by atoms with van der Waals surface area (Å²) in [6.45, 7) is 5.26. The Morgan fingerprint density at radius 3 is 2.76 bits per heavy atom. The fourth-order valence-corrected chi connectivity index (χ4v) is 3.27. The third-order valence-electron chi connectivity index (χ3n) is 4.19. The van der Waals surface area contributed by atoms with Gasteiger partial charge in [0.2, 0.25) is 0 Å². The van der Waals surface area contributed by atoms with Crippen LogP contribution in [0, 0.1) is 24.2 Å². The highest BCUT2D eigenvalue weighted by Crippen LogP contribution is 2.33. The van der Waals surface area contributed by atoms with Gasteiger partial charge in [-0.3, -0.25) is 4.90 Å². The predicted molar refractivity (Wildman–Crippen MR) is 72.5 cm³/mol. The molecule has 2 nitrogen and oxygen atoms in total. The van der Waals surface area contributed by atoms with Crippen LogP contribution in [0.4, 0.5) is 0 Å². The molecule has 2 rings (SSSR count). The minimum Gasteiger partial charge on any atom is -0.324 e. The van der Waals surface area contributed by atoms with Crippen LogP contribution < -0.4 is 5.73 Å². The normalized spacial score (nSPS) is 33.6. The summed E-state index contributed by atoms with van der Waals surface area (Å²) in [6.07, 6.45) is 13.2. The number of nitrogens with two attached hydrogens (primary N) is 1. The third-order valence-corrected chi connectivity index (χ3v) is 4.19. The van der Waals surface area contributed by atoms with Crippen LogP contribution in [0.2, 0.25) is 0 Å². The van der Waals surface area contributed by atoms with Gasteiger partial charge in [0.05, 0.1) is 6.54 Å². The largest absolute Gasteiger partial charge is 0.324 e. The average molecular weight is 234 g/mol. The van der Waals surface area contributed by atoms with Gasteiger partial charge in [0.15, 0.2) is 0 Å². The molecule has 2 fully saturated rings. The van der Waals surface area contributed by atoms with Crippen molar-refractivity contribution in [2.75, 3.05) is 19.6 Å². The van der Waals surface area contributed by atoms with E-state index in [4.69, 9.17) is 12.2 Å². The molecule has 0 amide bonds. The van der Waals surface area contributed by atoms with Gasteiger partial charge in [-0.15, -0.1) is 6.42 Å². The summed E-state index contributed by atoms with van der Waals surface area (Å²) in [4.78, 5) is 2.41. The van der Waals surface area contributed by atoms with Crippen LogP contribution in [-0.4, -0.2) is 30.1 Å². The summed E-state index contributed by atoms with van der Waals surface area (Å²) in [5.41, 5.74) is 6.58. The molecule has 2 aliphatic rings. The summed E-state index contributed by atoms with van der Waals surface area (Å²) < 4.78 is 0. The van der Waals surface area contributed by atoms with Gasteiger partial charge in [-0.25, -0.2) is 0 Å². The van der Waals surface area contributed by atoms with Crippen molar-refractivity contribution in [2.45, 2.75) is 51.0 Å². The van der Waals surface area contributed by atoms with Gasteiger partial charge in [-0.05, 0) is 37.5 Å². The summed E-state index contributed by atoms with van der Waals surface area (Å²) >= 11 is 0. The van der Waals surface area contributed by atoms with E-state index in [9.17, 15) is 0 Å². The van der Waals surface area contributed by atoms with Crippen LogP contribution in [0.5, 0.6) is 0 Å². The van der Waals surface area contributed by atoms with Gasteiger partial charge in [-0.2, -0.15) is 0 Å². The highest BCUT2D eigenvalue weighted by atomic mass is 15.1. The third kappa shape index (κ3) is 4.01. The van der Waals surface area contributed by atoms with E-state index < -0.39 is 0 Å². The molecule has 17 heavy (non-hydrogen) atoms. The number of hydrogen-bond donors (Lipinski definition) is 1. The molecular weight excluding hydrogens is 208 g/mol. The number of terminal acetylenes is 1. The molecular formula is C15H26N2. The summed E-state index contributed by atoms with van der Waals surface area (Å²) in [6, 6.07) is 0. The molecule has 2 heteroatoms. The van der Waals surface area contributed by atoms with Gasteiger partial charge < -0.3 is 5.73 Å². The summed E-state index contributed by atoms with van der Waals surface area (Å²) in [5.74, 6) is 4.47. The molecule has 0 radical (unpaired) electrons. The van der Waals surface area contributed by atoms with Crippen molar-refractivity contribution in [1.29, 1.82) is 0 Å². The molecule has 2 unspecified atom stereocenters. The van der Waals surface area contributed by atoms with Crippen LogP contribution in [0.1, 0.15) is 45.4 Å². The molecule has 0 spiro atoms. The van der Waals surface area contributed by atoms with E-state index in [2.05, 4.69) is 17.7 Å². The summed E-state index contributed by atoms with van der Waals surface area (Å²) in [5, 5.41) is 0. The van der Waals surface area contributed by atoms with Crippen LogP contribution in [0.3, 0.4) is 0 Å². The maximum absolute atomic E-state index is 6.57. The Balaban J connectivity index is 1.88. The van der Waals surface area contributed by atoms with Crippen molar-refractivity contribution >= 4 is 0 Å². The smallest absolute Gasteiger partial charge is 0.0599 e. The van der Waals surface area contributed by atoms with Crippen molar-refractivity contribution < 1.29 is 0 Å². The Bertz CT molecular complexity index is 290. The first-order valence-electron chi connectivity index (χ1n) is 7.06. The van der Waals surface area contributed by atoms with E-state index >= 15 is 0 Å². The summed E-state index contributed by atoms with van der Waals surface area (Å²) in [7, 11) is 0. The number of nitrogens with zero attached hydrogens (tertiary/aromatic N) is 1. The molecule has 0 heterocycles. The molecule has 0 aromatic rings. The lowest BCUT2D eigenvalue weighted by atomic mass is 9.77. The zero-order valence-electron chi connectivity index (χ0n) is 11.1. The molecule has 2 atom stereocenters. The van der Waals surface area contributed by atoms with E-state index in [1.807, 2.05) is 0 Å². The van der Waals surface area contributed by atoms with Crippen molar-refractivity contribution in [3.05, 3.63) is 0 Å². The topological polar surface area (TPSA) is 29.3 Å². The monoisotopic (exact) mass is 234 g/mol. The lowest BCUT2D eigenvalue weighted by Crippen LogP contribution is -2.53. The molecule has 2 aliphatic carbocycles. The van der Waals surface area contributed by atoms with Crippen molar-refractivity contribution in [2.24, 2.45) is 17.6 Å². The Hall–Kier alpha value is -0.520. The Morgan fingerprint density at radius 1 is 1.41 bits per heavy atom. The molecule has 96 valence electrons. The first kappa shape index (κ1) is 12.9. The average Bonchev–Trinajstić information content (AvgIpc) is 3.00. The van der Waals surface area contributed by atoms with E-state index in [1.165, 1.54) is 38.5 Å². The van der Waals surface area contributed by atoms with Crippen molar-refractivity contribution in [3.8, 4) is 12.3 Å². The minimum atomic E-state index is 0.0173. The van der Waals surface area contributed by atoms with Gasteiger partial charge in [0.1, 0.15) is 0 Å². The second kappa shape index (κ2) is 5.42. The number of rotatable bonds is 5.